The standard InChI is InChI=1S/C20H27N5O2/c1-11(2)25-10-13(9-16(25)19(26)24-14-5-6-14)18(22)17-15(21)7-8-23-20(17)27-12(3)4/h7-12,14,22H,5-6H2,1-4H3,(H2,21,23)(H,24,26). The van der Waals surface area contributed by atoms with Crippen LogP contribution in [-0.4, -0.2) is 33.3 Å². The number of nitrogens with one attached hydrogen (secondary N) is 2. The Labute approximate surface area is 159 Å². The fourth-order valence-corrected chi connectivity index (χ4v) is 2.88. The van der Waals surface area contributed by atoms with Gasteiger partial charge in [-0.25, -0.2) is 4.98 Å². The van der Waals surface area contributed by atoms with Crippen molar-refractivity contribution in [3.63, 3.8) is 0 Å². The lowest BCUT2D eigenvalue weighted by Crippen LogP contribution is -2.27. The van der Waals surface area contributed by atoms with Gasteiger partial charge in [-0.15, -0.1) is 0 Å². The third-order valence-electron chi connectivity index (χ3n) is 4.38. The van der Waals surface area contributed by atoms with Gasteiger partial charge in [-0.05, 0) is 52.7 Å². The van der Waals surface area contributed by atoms with E-state index >= 15 is 0 Å². The largest absolute Gasteiger partial charge is 0.474 e. The number of nitrogens with two attached hydrogens (primary N) is 1. The molecule has 0 bridgehead atoms. The third-order valence-corrected chi connectivity index (χ3v) is 4.38. The van der Waals surface area contributed by atoms with Crippen LogP contribution in [0, 0.1) is 5.41 Å². The Bertz CT molecular complexity index is 865. The van der Waals surface area contributed by atoms with Crippen molar-refractivity contribution in [2.75, 3.05) is 5.73 Å². The molecule has 2 aromatic rings. The highest BCUT2D eigenvalue weighted by molar-refractivity contribution is 6.16. The first-order valence-electron chi connectivity index (χ1n) is 9.31. The van der Waals surface area contributed by atoms with Gasteiger partial charge in [0.15, 0.2) is 0 Å². The summed E-state index contributed by atoms with van der Waals surface area (Å²) in [6, 6.07) is 3.75. The number of rotatable bonds is 7. The fraction of sp³-hybridized carbons (Fsp3) is 0.450. The van der Waals surface area contributed by atoms with E-state index < -0.39 is 0 Å². The monoisotopic (exact) mass is 369 g/mol. The molecule has 1 amide bonds. The second kappa shape index (κ2) is 7.42. The molecule has 2 heterocycles. The van der Waals surface area contributed by atoms with Gasteiger partial charge in [0, 0.05) is 35.7 Å². The predicted octanol–water partition coefficient (Wildman–Crippen LogP) is 3.14. The van der Waals surface area contributed by atoms with Crippen molar-refractivity contribution in [2.24, 2.45) is 0 Å². The molecule has 1 saturated carbocycles. The van der Waals surface area contributed by atoms with Gasteiger partial charge in [0.2, 0.25) is 5.88 Å². The Hall–Kier alpha value is -2.83. The van der Waals surface area contributed by atoms with Crippen LogP contribution in [0.5, 0.6) is 5.88 Å². The highest BCUT2D eigenvalue weighted by Crippen LogP contribution is 2.28. The van der Waals surface area contributed by atoms with Crippen molar-refractivity contribution in [1.29, 1.82) is 5.41 Å². The van der Waals surface area contributed by atoms with Crippen molar-refractivity contribution < 1.29 is 9.53 Å². The second-order valence-electron chi connectivity index (χ2n) is 7.48. The van der Waals surface area contributed by atoms with Crippen LogP contribution in [0.15, 0.2) is 24.5 Å². The molecule has 7 heteroatoms. The van der Waals surface area contributed by atoms with Crippen LogP contribution in [-0.2, 0) is 0 Å². The average molecular weight is 369 g/mol. The van der Waals surface area contributed by atoms with Gasteiger partial charge in [0.1, 0.15) is 5.69 Å². The first-order chi connectivity index (χ1) is 12.8. The smallest absolute Gasteiger partial charge is 0.268 e. The van der Waals surface area contributed by atoms with E-state index in [1.807, 2.05) is 38.5 Å². The quantitative estimate of drug-likeness (QED) is 0.652. The molecule has 1 aliphatic rings. The van der Waals surface area contributed by atoms with E-state index in [0.29, 0.717) is 28.4 Å². The van der Waals surface area contributed by atoms with Crippen LogP contribution in [0.2, 0.25) is 0 Å². The normalized spacial score (nSPS) is 13.9. The number of nitrogen functional groups attached to an aromatic ring is 1. The zero-order valence-corrected chi connectivity index (χ0v) is 16.2. The van der Waals surface area contributed by atoms with Crippen LogP contribution in [0.3, 0.4) is 0 Å². The van der Waals surface area contributed by atoms with Crippen LogP contribution < -0.4 is 15.8 Å². The molecule has 3 rings (SSSR count). The molecule has 0 radical (unpaired) electrons. The fourth-order valence-electron chi connectivity index (χ4n) is 2.88. The Morgan fingerprint density at radius 2 is 2.07 bits per heavy atom. The summed E-state index contributed by atoms with van der Waals surface area (Å²) in [5, 5.41) is 11.7. The maximum Gasteiger partial charge on any atom is 0.268 e. The topological polar surface area (TPSA) is 106 Å². The lowest BCUT2D eigenvalue weighted by atomic mass is 10.0. The van der Waals surface area contributed by atoms with Crippen LogP contribution in [0.1, 0.15) is 68.2 Å². The SMILES string of the molecule is CC(C)Oc1nccc(N)c1C(=N)c1cc(C(=O)NC2CC2)n(C(C)C)c1. The number of hydrogen-bond acceptors (Lipinski definition) is 5. The van der Waals surface area contributed by atoms with Gasteiger partial charge in [0.05, 0.1) is 17.4 Å². The van der Waals surface area contributed by atoms with E-state index in [1.165, 1.54) is 0 Å². The molecule has 0 aliphatic heterocycles. The van der Waals surface area contributed by atoms with Gasteiger partial charge in [-0.3, -0.25) is 10.2 Å². The number of nitrogens with zero attached hydrogens (tertiary/aromatic N) is 2. The lowest BCUT2D eigenvalue weighted by molar-refractivity contribution is 0.0940. The maximum atomic E-state index is 12.6. The van der Waals surface area contributed by atoms with Crippen LogP contribution in [0.4, 0.5) is 5.69 Å². The minimum atomic E-state index is -0.108. The number of aromatic nitrogens is 2. The molecule has 2 aromatic heterocycles. The molecule has 144 valence electrons. The number of carbonyl (C=O) groups is 1. The molecule has 0 spiro atoms. The highest BCUT2D eigenvalue weighted by atomic mass is 16.5. The highest BCUT2D eigenvalue weighted by Gasteiger charge is 2.27. The molecule has 0 saturated heterocycles. The number of carbonyl (C=O) groups excluding carboxylic acids is 1. The van der Waals surface area contributed by atoms with Gasteiger partial charge in [-0.2, -0.15) is 0 Å². The summed E-state index contributed by atoms with van der Waals surface area (Å²) in [5.41, 5.74) is 8.34. The molecule has 4 N–H and O–H groups in total. The minimum Gasteiger partial charge on any atom is -0.474 e. The van der Waals surface area contributed by atoms with E-state index in [4.69, 9.17) is 15.9 Å². The molecule has 0 atom stereocenters. The van der Waals surface area contributed by atoms with E-state index in [1.54, 1.807) is 18.3 Å². The van der Waals surface area contributed by atoms with Crippen molar-refractivity contribution in [3.05, 3.63) is 41.3 Å². The summed E-state index contributed by atoms with van der Waals surface area (Å²) >= 11 is 0. The van der Waals surface area contributed by atoms with Gasteiger partial charge >= 0.3 is 0 Å². The molecule has 27 heavy (non-hydrogen) atoms. The maximum absolute atomic E-state index is 12.6. The van der Waals surface area contributed by atoms with Crippen molar-refractivity contribution in [2.45, 2.75) is 58.7 Å². The Kier molecular flexibility index (Phi) is 5.21. The Balaban J connectivity index is 1.99. The van der Waals surface area contributed by atoms with Crippen molar-refractivity contribution in [3.8, 4) is 5.88 Å². The first-order valence-corrected chi connectivity index (χ1v) is 9.31. The van der Waals surface area contributed by atoms with Crippen LogP contribution >= 0.6 is 0 Å². The summed E-state index contributed by atoms with van der Waals surface area (Å²) in [7, 11) is 0. The molecule has 0 aromatic carbocycles. The molecule has 1 fully saturated rings. The summed E-state index contributed by atoms with van der Waals surface area (Å²) < 4.78 is 7.63. The number of hydrogen-bond donors (Lipinski definition) is 3. The molecule has 0 unspecified atom stereocenters. The minimum absolute atomic E-state index is 0.0872. The zero-order chi connectivity index (χ0) is 19.7. The Morgan fingerprint density at radius 1 is 1.37 bits per heavy atom. The number of ether oxygens (including phenoxy) is 1. The zero-order valence-electron chi connectivity index (χ0n) is 16.2. The van der Waals surface area contributed by atoms with Crippen LogP contribution in [0.25, 0.3) is 0 Å². The van der Waals surface area contributed by atoms with Gasteiger partial charge in [0.25, 0.3) is 5.91 Å². The summed E-state index contributed by atoms with van der Waals surface area (Å²) in [5.74, 6) is 0.222. The van der Waals surface area contributed by atoms with Crippen molar-refractivity contribution in [1.82, 2.24) is 14.9 Å². The first kappa shape index (κ1) is 18.9. The molecular weight excluding hydrogens is 342 g/mol. The summed E-state index contributed by atoms with van der Waals surface area (Å²) in [6.45, 7) is 7.81. The Morgan fingerprint density at radius 3 is 2.67 bits per heavy atom. The van der Waals surface area contributed by atoms with E-state index in [-0.39, 0.29) is 29.8 Å². The van der Waals surface area contributed by atoms with E-state index in [2.05, 4.69) is 10.3 Å². The van der Waals surface area contributed by atoms with E-state index in [9.17, 15) is 4.79 Å². The van der Waals surface area contributed by atoms with Gasteiger partial charge < -0.3 is 20.4 Å². The molecular formula is C20H27N5O2. The molecule has 1 aliphatic carbocycles. The lowest BCUT2D eigenvalue weighted by Gasteiger charge is -2.15. The summed E-state index contributed by atoms with van der Waals surface area (Å²) in [6.07, 6.45) is 5.35. The van der Waals surface area contributed by atoms with E-state index in [0.717, 1.165) is 12.8 Å². The number of anilines is 1. The van der Waals surface area contributed by atoms with Gasteiger partial charge in [-0.1, -0.05) is 0 Å². The average Bonchev–Trinajstić information content (AvgIpc) is 3.27. The summed E-state index contributed by atoms with van der Waals surface area (Å²) in [4.78, 5) is 16.9. The second-order valence-corrected chi connectivity index (χ2v) is 7.48. The number of amides is 1. The number of pyridine rings is 1. The molecule has 7 nitrogen and oxygen atoms in total. The third kappa shape index (κ3) is 4.13. The predicted molar refractivity (Wildman–Crippen MR) is 106 cm³/mol. The van der Waals surface area contributed by atoms with Crippen molar-refractivity contribution >= 4 is 17.3 Å².